The van der Waals surface area contributed by atoms with Crippen LogP contribution in [0.4, 0.5) is 26.3 Å². The molecular weight excluding hydrogens is 610 g/mol. The Bertz CT molecular complexity index is 1560. The fraction of sp³-hybridized carbons (Fsp3) is 0.346. The van der Waals surface area contributed by atoms with Gasteiger partial charge in [0.2, 0.25) is 17.7 Å². The molecule has 0 aliphatic heterocycles. The van der Waals surface area contributed by atoms with Gasteiger partial charge >= 0.3 is 18.0 Å². The van der Waals surface area contributed by atoms with E-state index in [4.69, 9.17) is 17.3 Å². The summed E-state index contributed by atoms with van der Waals surface area (Å²) < 4.78 is 81.5. The molecule has 0 aliphatic carbocycles. The Morgan fingerprint density at radius 2 is 1.60 bits per heavy atom. The average molecular weight is 635 g/mol. The zero-order chi connectivity index (χ0) is 32.3. The van der Waals surface area contributed by atoms with Crippen LogP contribution in [0.1, 0.15) is 37.4 Å². The van der Waals surface area contributed by atoms with Crippen LogP contribution < -0.4 is 22.1 Å². The van der Waals surface area contributed by atoms with Crippen LogP contribution in [-0.4, -0.2) is 43.8 Å². The van der Waals surface area contributed by atoms with Crippen molar-refractivity contribution in [3.05, 3.63) is 75.2 Å². The van der Waals surface area contributed by atoms with E-state index in [1.54, 1.807) is 0 Å². The van der Waals surface area contributed by atoms with Gasteiger partial charge in [-0.15, -0.1) is 5.10 Å². The molecule has 0 spiro atoms. The Labute approximate surface area is 244 Å². The largest absolute Gasteiger partial charge is 0.416 e. The molecule has 2 aromatic carbocycles. The number of rotatable bonds is 10. The average Bonchev–Trinajstić information content (AvgIpc) is 3.19. The second-order valence-corrected chi connectivity index (χ2v) is 10.3. The van der Waals surface area contributed by atoms with Gasteiger partial charge in [-0.1, -0.05) is 29.8 Å². The summed E-state index contributed by atoms with van der Waals surface area (Å²) in [5.41, 5.74) is 0.610. The van der Waals surface area contributed by atoms with E-state index in [1.807, 2.05) is 0 Å². The van der Waals surface area contributed by atoms with E-state index in [1.165, 1.54) is 44.2 Å². The Balaban J connectivity index is 2.01. The summed E-state index contributed by atoms with van der Waals surface area (Å²) >= 11 is 5.86. The number of primary amides is 1. The second kappa shape index (κ2) is 12.5. The summed E-state index contributed by atoms with van der Waals surface area (Å²) in [5.74, 6) is -3.70. The number of carbonyl (C=O) groups is 3. The lowest BCUT2D eigenvalue weighted by Crippen LogP contribution is -2.56. The smallest absolute Gasteiger partial charge is 0.368 e. The molecule has 1 aromatic heterocycles. The van der Waals surface area contributed by atoms with Gasteiger partial charge in [0.25, 0.3) is 0 Å². The van der Waals surface area contributed by atoms with Crippen LogP contribution in [0.25, 0.3) is 11.4 Å². The summed E-state index contributed by atoms with van der Waals surface area (Å²) in [7, 11) is 0. The van der Waals surface area contributed by atoms with Crippen LogP contribution in [-0.2, 0) is 33.6 Å². The number of alkyl halides is 6. The molecule has 17 heteroatoms. The van der Waals surface area contributed by atoms with Gasteiger partial charge in [-0.2, -0.15) is 26.3 Å². The fourth-order valence-electron chi connectivity index (χ4n) is 3.87. The quantitative estimate of drug-likeness (QED) is 0.293. The highest BCUT2D eigenvalue weighted by Crippen LogP contribution is 2.35. The number of nitrogens with two attached hydrogens (primary N) is 1. The van der Waals surface area contributed by atoms with E-state index in [-0.39, 0.29) is 16.4 Å². The molecule has 3 rings (SSSR count). The normalized spacial score (nSPS) is 13.0. The molecule has 0 fully saturated rings. The molecular formula is C26H25ClF6N6O4. The van der Waals surface area contributed by atoms with Crippen molar-refractivity contribution in [2.24, 2.45) is 5.73 Å². The van der Waals surface area contributed by atoms with Crippen LogP contribution >= 0.6 is 11.6 Å². The van der Waals surface area contributed by atoms with Gasteiger partial charge in [-0.3, -0.25) is 19.0 Å². The number of hydrogen-bond donors (Lipinski definition) is 3. The lowest BCUT2D eigenvalue weighted by atomic mass is 9.97. The van der Waals surface area contributed by atoms with Crippen LogP contribution in [0.2, 0.25) is 5.02 Å². The van der Waals surface area contributed by atoms with Crippen molar-refractivity contribution < 1.29 is 40.7 Å². The second-order valence-electron chi connectivity index (χ2n) is 9.85. The van der Waals surface area contributed by atoms with Gasteiger partial charge in [0, 0.05) is 17.1 Å². The van der Waals surface area contributed by atoms with Gasteiger partial charge in [0.15, 0.2) is 5.82 Å². The molecule has 1 unspecified atom stereocenters. The molecule has 0 aliphatic rings. The summed E-state index contributed by atoms with van der Waals surface area (Å²) in [4.78, 5) is 51.0. The van der Waals surface area contributed by atoms with Crippen LogP contribution in [0, 0.1) is 0 Å². The number of benzene rings is 2. The number of nitrogens with one attached hydrogen (secondary N) is 2. The van der Waals surface area contributed by atoms with E-state index < -0.39 is 78.0 Å². The number of amides is 3. The van der Waals surface area contributed by atoms with E-state index in [2.05, 4.69) is 15.7 Å². The molecule has 0 saturated heterocycles. The first-order valence-electron chi connectivity index (χ1n) is 12.4. The highest BCUT2D eigenvalue weighted by Gasteiger charge is 2.39. The SMILES string of the molecule is CC(C)(NC(=O)C(NC(=O)Cn1nc(-c2ccc(Cl)cc2)n(CCC(F)(F)F)c1=O)c1ccccc1C(F)(F)F)C(N)=O. The van der Waals surface area contributed by atoms with Gasteiger partial charge in [0.05, 0.1) is 12.0 Å². The molecule has 3 amide bonds. The molecule has 4 N–H and O–H groups in total. The summed E-state index contributed by atoms with van der Waals surface area (Å²) in [6, 6.07) is 7.37. The minimum atomic E-state index is -4.96. The minimum absolute atomic E-state index is 0.188. The first-order chi connectivity index (χ1) is 19.8. The lowest BCUT2D eigenvalue weighted by Gasteiger charge is -2.27. The van der Waals surface area contributed by atoms with Crippen LogP contribution in [0.15, 0.2) is 53.3 Å². The number of aromatic nitrogens is 3. The summed E-state index contributed by atoms with van der Waals surface area (Å²) in [5, 5.41) is 8.54. The van der Waals surface area contributed by atoms with Gasteiger partial charge in [-0.05, 0) is 49.7 Å². The van der Waals surface area contributed by atoms with Crippen LogP contribution in [0.3, 0.4) is 0 Å². The number of nitrogens with zero attached hydrogens (tertiary/aromatic N) is 3. The molecule has 1 heterocycles. The van der Waals surface area contributed by atoms with Crippen LogP contribution in [0.5, 0.6) is 0 Å². The van der Waals surface area contributed by atoms with Crippen molar-refractivity contribution in [2.45, 2.75) is 57.3 Å². The zero-order valence-electron chi connectivity index (χ0n) is 22.5. The summed E-state index contributed by atoms with van der Waals surface area (Å²) in [6.07, 6.45) is -11.0. The predicted octanol–water partition coefficient (Wildman–Crippen LogP) is 3.57. The first kappa shape index (κ1) is 33.2. The topological polar surface area (TPSA) is 141 Å². The van der Waals surface area contributed by atoms with Crippen molar-refractivity contribution >= 4 is 29.3 Å². The third-order valence-electron chi connectivity index (χ3n) is 6.13. The number of hydrogen-bond acceptors (Lipinski definition) is 5. The van der Waals surface area contributed by atoms with Gasteiger partial charge in [0.1, 0.15) is 18.1 Å². The monoisotopic (exact) mass is 634 g/mol. The molecule has 232 valence electrons. The van der Waals surface area contributed by atoms with Crippen molar-refractivity contribution in [2.75, 3.05) is 0 Å². The first-order valence-corrected chi connectivity index (χ1v) is 12.8. The Hall–Kier alpha value is -4.34. The Morgan fingerprint density at radius 1 is 1.00 bits per heavy atom. The predicted molar refractivity (Wildman–Crippen MR) is 141 cm³/mol. The zero-order valence-corrected chi connectivity index (χ0v) is 23.3. The van der Waals surface area contributed by atoms with Gasteiger partial charge < -0.3 is 16.4 Å². The standard InChI is InChI=1S/C26H25ClF6N6O4/c1-24(2,22(34)42)36-21(41)19(16-5-3-4-6-17(16)26(31,32)33)35-18(40)13-39-23(43)38(12-11-25(28,29)30)20(37-39)14-7-9-15(27)10-8-14/h3-10,19H,11-13H2,1-2H3,(H2,34,42)(H,35,40)(H,36,41). The molecule has 0 saturated carbocycles. The maximum atomic E-state index is 13.8. The van der Waals surface area contributed by atoms with Crippen molar-refractivity contribution in [1.29, 1.82) is 0 Å². The minimum Gasteiger partial charge on any atom is -0.368 e. The Morgan fingerprint density at radius 3 is 2.16 bits per heavy atom. The van der Waals surface area contributed by atoms with E-state index in [9.17, 15) is 45.5 Å². The van der Waals surface area contributed by atoms with Crippen molar-refractivity contribution in [3.63, 3.8) is 0 Å². The summed E-state index contributed by atoms with van der Waals surface area (Å²) in [6.45, 7) is 0.532. The third-order valence-corrected chi connectivity index (χ3v) is 6.39. The molecule has 10 nitrogen and oxygen atoms in total. The molecule has 3 aromatic rings. The fourth-order valence-corrected chi connectivity index (χ4v) is 4.00. The Kier molecular flexibility index (Phi) is 9.63. The van der Waals surface area contributed by atoms with Gasteiger partial charge in [-0.25, -0.2) is 9.48 Å². The van der Waals surface area contributed by atoms with Crippen molar-refractivity contribution in [3.8, 4) is 11.4 Å². The number of carbonyl (C=O) groups excluding carboxylic acids is 3. The maximum absolute atomic E-state index is 13.8. The van der Waals surface area contributed by atoms with E-state index >= 15 is 0 Å². The van der Waals surface area contributed by atoms with E-state index in [0.717, 1.165) is 12.1 Å². The molecule has 43 heavy (non-hydrogen) atoms. The van der Waals surface area contributed by atoms with Crippen molar-refractivity contribution in [1.82, 2.24) is 25.0 Å². The lowest BCUT2D eigenvalue weighted by molar-refractivity contribution is -0.140. The maximum Gasteiger partial charge on any atom is 0.416 e. The highest BCUT2D eigenvalue weighted by molar-refractivity contribution is 6.30. The molecule has 0 radical (unpaired) electrons. The number of halogens is 7. The molecule has 1 atom stereocenters. The van der Waals surface area contributed by atoms with E-state index in [0.29, 0.717) is 15.3 Å². The molecule has 0 bridgehead atoms. The highest BCUT2D eigenvalue weighted by atomic mass is 35.5. The third kappa shape index (κ3) is 8.37.